The predicted molar refractivity (Wildman–Crippen MR) is 39.0 cm³/mol. The normalized spacial score (nSPS) is 17.6. The van der Waals surface area contributed by atoms with Crippen LogP contribution in [0.4, 0.5) is 0 Å². The molecule has 0 unspecified atom stereocenters. The molecule has 1 N–H and O–H groups in total. The highest BCUT2D eigenvalue weighted by Gasteiger charge is 2.18. The van der Waals surface area contributed by atoms with Gasteiger partial charge >= 0.3 is 0 Å². The minimum Gasteiger partial charge on any atom is -0.313 e. The fraction of sp³-hybridized carbons (Fsp3) is 1.00. The molecule has 0 aromatic carbocycles. The summed E-state index contributed by atoms with van der Waals surface area (Å²) in [4.78, 5) is 0. The van der Waals surface area contributed by atoms with Crippen molar-refractivity contribution < 1.29 is 0 Å². The summed E-state index contributed by atoms with van der Waals surface area (Å²) in [5.41, 5.74) is 0. The van der Waals surface area contributed by atoms with Crippen LogP contribution in [-0.4, -0.2) is 18.5 Å². The number of nitrogens with one attached hydrogen (secondary N) is 1. The Morgan fingerprint density at radius 3 is 2.50 bits per heavy atom. The van der Waals surface area contributed by atoms with Crippen molar-refractivity contribution in [2.24, 2.45) is 0 Å². The van der Waals surface area contributed by atoms with Crippen LogP contribution in [0.3, 0.4) is 0 Å². The Morgan fingerprint density at radius 1 is 1.50 bits per heavy atom. The molecule has 1 aliphatic rings. The molecule has 0 aliphatic heterocycles. The molecule has 1 rings (SSSR count). The number of hydrogen-bond donors (Lipinski definition) is 1. The molecule has 1 fully saturated rings. The van der Waals surface area contributed by atoms with E-state index >= 15 is 0 Å². The van der Waals surface area contributed by atoms with E-state index in [1.807, 2.05) is 0 Å². The molecule has 0 saturated heterocycles. The third kappa shape index (κ3) is 3.53. The van der Waals surface area contributed by atoms with Crippen LogP contribution in [0.25, 0.3) is 0 Å². The maximum Gasteiger partial charge on any atom is 0.0348 e. The summed E-state index contributed by atoms with van der Waals surface area (Å²) in [5.74, 6) is 0.747. The Balaban J connectivity index is 0.000000490. The van der Waals surface area contributed by atoms with E-state index < -0.39 is 0 Å². The third-order valence-corrected chi connectivity index (χ3v) is 1.29. The number of hydrogen-bond acceptors (Lipinski definition) is 1. The van der Waals surface area contributed by atoms with E-state index in [2.05, 4.69) is 5.32 Å². The molecule has 0 aromatic rings. The van der Waals surface area contributed by atoms with Crippen molar-refractivity contribution in [2.75, 3.05) is 12.4 Å². The van der Waals surface area contributed by atoms with Gasteiger partial charge in [0.15, 0.2) is 0 Å². The smallest absolute Gasteiger partial charge is 0.0348 e. The van der Waals surface area contributed by atoms with Crippen molar-refractivity contribution in [1.82, 2.24) is 5.32 Å². The van der Waals surface area contributed by atoms with Gasteiger partial charge < -0.3 is 5.32 Å². The summed E-state index contributed by atoms with van der Waals surface area (Å²) in [5, 5.41) is 3.27. The molecule has 0 heterocycles. The molecule has 8 heavy (non-hydrogen) atoms. The van der Waals surface area contributed by atoms with Crippen LogP contribution in [-0.2, 0) is 0 Å². The first-order valence-electron chi connectivity index (χ1n) is 2.73. The molecule has 3 heteroatoms. The van der Waals surface area contributed by atoms with Crippen LogP contribution in [0.5, 0.6) is 0 Å². The Bertz CT molecular complexity index is 54.4. The second-order valence-corrected chi connectivity index (χ2v) is 2.30. The Kier molecular flexibility index (Phi) is 4.72. The quantitative estimate of drug-likeness (QED) is 0.609. The zero-order valence-electron chi connectivity index (χ0n) is 4.69. The lowest BCUT2D eigenvalue weighted by Crippen LogP contribution is -2.18. The van der Waals surface area contributed by atoms with Crippen LogP contribution in [0.2, 0.25) is 0 Å². The van der Waals surface area contributed by atoms with Crippen molar-refractivity contribution in [1.29, 1.82) is 0 Å². The van der Waals surface area contributed by atoms with Crippen LogP contribution in [0, 0.1) is 0 Å². The van der Waals surface area contributed by atoms with E-state index in [0.29, 0.717) is 0 Å². The Labute approximate surface area is 61.2 Å². The fourth-order valence-electron chi connectivity index (χ4n) is 0.546. The van der Waals surface area contributed by atoms with Gasteiger partial charge in [0.1, 0.15) is 0 Å². The lowest BCUT2D eigenvalue weighted by atomic mass is 10.6. The highest BCUT2D eigenvalue weighted by atomic mass is 35.5. The molecule has 0 spiro atoms. The van der Waals surface area contributed by atoms with Gasteiger partial charge in [0.25, 0.3) is 0 Å². The van der Waals surface area contributed by atoms with Gasteiger partial charge in [-0.1, -0.05) is 0 Å². The summed E-state index contributed by atoms with van der Waals surface area (Å²) >= 11 is 5.41. The zero-order chi connectivity index (χ0) is 5.11. The molecule has 1 saturated carbocycles. The minimum absolute atomic E-state index is 0. The first-order chi connectivity index (χ1) is 3.43. The predicted octanol–water partition coefficient (Wildman–Crippen LogP) is 1.40. The highest BCUT2D eigenvalue weighted by molar-refractivity contribution is 6.18. The standard InChI is InChI=1S/C5H10ClN.ClH/c6-3-4-7-5-1-2-5;/h5,7H,1-4H2;1H. The number of alkyl halides is 1. The fourth-order valence-corrected chi connectivity index (χ4v) is 0.655. The van der Waals surface area contributed by atoms with Crippen molar-refractivity contribution in [3.05, 3.63) is 0 Å². The second-order valence-electron chi connectivity index (χ2n) is 1.92. The summed E-state index contributed by atoms with van der Waals surface area (Å²) in [6.07, 6.45) is 2.72. The van der Waals surface area contributed by atoms with E-state index in [9.17, 15) is 0 Å². The number of halogens is 2. The minimum atomic E-state index is 0. The van der Waals surface area contributed by atoms with Gasteiger partial charge in [0.2, 0.25) is 0 Å². The van der Waals surface area contributed by atoms with E-state index in [0.717, 1.165) is 18.5 Å². The second kappa shape index (κ2) is 4.42. The van der Waals surface area contributed by atoms with Crippen molar-refractivity contribution in [3.63, 3.8) is 0 Å². The van der Waals surface area contributed by atoms with Gasteiger partial charge in [-0.3, -0.25) is 0 Å². The summed E-state index contributed by atoms with van der Waals surface area (Å²) in [6.45, 7) is 0.978. The van der Waals surface area contributed by atoms with Crippen LogP contribution < -0.4 is 5.32 Å². The van der Waals surface area contributed by atoms with Crippen molar-refractivity contribution in [3.8, 4) is 0 Å². The Hall–Kier alpha value is 0.540. The molecule has 0 atom stereocenters. The summed E-state index contributed by atoms with van der Waals surface area (Å²) in [7, 11) is 0. The molecule has 1 nitrogen and oxygen atoms in total. The van der Waals surface area contributed by atoms with E-state index in [1.165, 1.54) is 12.8 Å². The average Bonchev–Trinajstić information content (AvgIpc) is 2.42. The molecule has 50 valence electrons. The SMILES string of the molecule is Cl.ClCCNC1CC1. The summed E-state index contributed by atoms with van der Waals surface area (Å²) < 4.78 is 0. The van der Waals surface area contributed by atoms with Gasteiger partial charge in [-0.05, 0) is 12.8 Å². The Morgan fingerprint density at radius 2 is 2.12 bits per heavy atom. The average molecular weight is 156 g/mol. The highest BCUT2D eigenvalue weighted by Crippen LogP contribution is 2.17. The molecule has 0 aromatic heterocycles. The summed E-state index contributed by atoms with van der Waals surface area (Å²) in [6, 6.07) is 0.818. The van der Waals surface area contributed by atoms with Crippen molar-refractivity contribution >= 4 is 24.0 Å². The molecular formula is C5H11Cl2N. The first kappa shape index (κ1) is 8.54. The lowest BCUT2D eigenvalue weighted by molar-refractivity contribution is 0.724. The van der Waals surface area contributed by atoms with Crippen LogP contribution >= 0.6 is 24.0 Å². The van der Waals surface area contributed by atoms with Crippen LogP contribution in [0.15, 0.2) is 0 Å². The third-order valence-electron chi connectivity index (χ3n) is 1.10. The largest absolute Gasteiger partial charge is 0.313 e. The van der Waals surface area contributed by atoms with Gasteiger partial charge in [-0.15, -0.1) is 24.0 Å². The molecule has 0 amide bonds. The zero-order valence-corrected chi connectivity index (χ0v) is 6.26. The molecule has 1 aliphatic carbocycles. The van der Waals surface area contributed by atoms with E-state index in [-0.39, 0.29) is 12.4 Å². The molecular weight excluding hydrogens is 145 g/mol. The van der Waals surface area contributed by atoms with E-state index in [4.69, 9.17) is 11.6 Å². The molecule has 0 radical (unpaired) electrons. The maximum atomic E-state index is 5.41. The van der Waals surface area contributed by atoms with Crippen molar-refractivity contribution in [2.45, 2.75) is 18.9 Å². The first-order valence-corrected chi connectivity index (χ1v) is 3.26. The number of rotatable bonds is 3. The van der Waals surface area contributed by atoms with Gasteiger partial charge in [-0.25, -0.2) is 0 Å². The maximum absolute atomic E-state index is 5.41. The topological polar surface area (TPSA) is 12.0 Å². The molecule has 0 bridgehead atoms. The van der Waals surface area contributed by atoms with Crippen LogP contribution in [0.1, 0.15) is 12.8 Å². The van der Waals surface area contributed by atoms with Gasteiger partial charge in [0, 0.05) is 18.5 Å². The van der Waals surface area contributed by atoms with Gasteiger partial charge in [0.05, 0.1) is 0 Å². The van der Waals surface area contributed by atoms with E-state index in [1.54, 1.807) is 0 Å². The lowest BCUT2D eigenvalue weighted by Gasteiger charge is -1.93. The monoisotopic (exact) mass is 155 g/mol. The van der Waals surface area contributed by atoms with Gasteiger partial charge in [-0.2, -0.15) is 0 Å².